The van der Waals surface area contributed by atoms with E-state index in [1.807, 2.05) is 0 Å². The van der Waals surface area contributed by atoms with Gasteiger partial charge in [-0.15, -0.1) is 0 Å². The van der Waals surface area contributed by atoms with Gasteiger partial charge >= 0.3 is 5.97 Å². The van der Waals surface area contributed by atoms with Crippen LogP contribution in [0, 0.1) is 0 Å². The van der Waals surface area contributed by atoms with Crippen LogP contribution in [0.2, 0.25) is 10.0 Å². The number of carbonyl (C=O) groups excluding carboxylic acids is 1. The van der Waals surface area contributed by atoms with Crippen LogP contribution in [0.25, 0.3) is 0 Å². The topological polar surface area (TPSA) is 66.4 Å². The highest BCUT2D eigenvalue weighted by molar-refractivity contribution is 6.43. The molecule has 4 nitrogen and oxygen atoms in total. The molecule has 16 heavy (non-hydrogen) atoms. The van der Waals surface area contributed by atoms with E-state index in [-0.39, 0.29) is 28.6 Å². The van der Waals surface area contributed by atoms with Crippen molar-refractivity contribution in [2.75, 3.05) is 6.54 Å². The zero-order valence-electron chi connectivity index (χ0n) is 8.17. The fourth-order valence-corrected chi connectivity index (χ4v) is 1.44. The molecule has 2 N–H and O–H groups in total. The molecule has 0 fully saturated rings. The molecule has 0 spiro atoms. The molecule has 0 unspecified atom stereocenters. The lowest BCUT2D eigenvalue weighted by Gasteiger charge is -2.06. The first-order chi connectivity index (χ1) is 7.52. The Hall–Kier alpha value is -1.26. The van der Waals surface area contributed by atoms with E-state index in [1.54, 1.807) is 12.1 Å². The van der Waals surface area contributed by atoms with Crippen molar-refractivity contribution in [2.45, 2.75) is 6.42 Å². The molecule has 1 rings (SSSR count). The molecule has 0 aliphatic heterocycles. The molecule has 0 aromatic heterocycles. The van der Waals surface area contributed by atoms with E-state index in [0.29, 0.717) is 0 Å². The van der Waals surface area contributed by atoms with Gasteiger partial charge in [-0.1, -0.05) is 29.3 Å². The quantitative estimate of drug-likeness (QED) is 0.874. The molecule has 0 atom stereocenters. The third kappa shape index (κ3) is 3.40. The van der Waals surface area contributed by atoms with E-state index in [2.05, 4.69) is 5.32 Å². The van der Waals surface area contributed by atoms with Gasteiger partial charge in [0.15, 0.2) is 0 Å². The molecule has 0 saturated heterocycles. The molecular weight excluding hydrogens is 253 g/mol. The number of carboxylic acid groups (broad SMARTS) is 1. The first-order valence-electron chi connectivity index (χ1n) is 4.46. The minimum Gasteiger partial charge on any atom is -0.481 e. The zero-order valence-corrected chi connectivity index (χ0v) is 9.68. The molecule has 1 amide bonds. The predicted octanol–water partition coefficient (Wildman–Crippen LogP) is 2.20. The molecule has 0 aliphatic carbocycles. The maximum atomic E-state index is 11.6. The lowest BCUT2D eigenvalue weighted by Crippen LogP contribution is -2.26. The van der Waals surface area contributed by atoms with Gasteiger partial charge in [0, 0.05) is 6.54 Å². The Kier molecular flexibility index (Phi) is 4.58. The maximum absolute atomic E-state index is 11.6. The van der Waals surface area contributed by atoms with E-state index in [0.717, 1.165) is 0 Å². The molecule has 1 aromatic carbocycles. The van der Waals surface area contributed by atoms with E-state index >= 15 is 0 Å². The number of hydrogen-bond donors (Lipinski definition) is 2. The highest BCUT2D eigenvalue weighted by Crippen LogP contribution is 2.25. The number of carboxylic acids is 1. The van der Waals surface area contributed by atoms with Crippen molar-refractivity contribution < 1.29 is 14.7 Å². The third-order valence-corrected chi connectivity index (χ3v) is 2.64. The Morgan fingerprint density at radius 3 is 2.62 bits per heavy atom. The normalized spacial score (nSPS) is 9.88. The largest absolute Gasteiger partial charge is 0.481 e. The minimum atomic E-state index is -0.975. The molecule has 0 bridgehead atoms. The van der Waals surface area contributed by atoms with Crippen LogP contribution in [0.5, 0.6) is 0 Å². The fraction of sp³-hybridized carbons (Fsp3) is 0.200. The van der Waals surface area contributed by atoms with Gasteiger partial charge in [0.05, 0.1) is 22.0 Å². The molecular formula is C10H9Cl2NO3. The number of rotatable bonds is 4. The summed E-state index contributed by atoms with van der Waals surface area (Å²) >= 11 is 11.6. The Balaban J connectivity index is 2.66. The van der Waals surface area contributed by atoms with Crippen LogP contribution >= 0.6 is 23.2 Å². The number of hydrogen-bond acceptors (Lipinski definition) is 2. The Bertz CT molecular complexity index is 421. The Morgan fingerprint density at radius 2 is 2.00 bits per heavy atom. The van der Waals surface area contributed by atoms with Gasteiger partial charge in [0.2, 0.25) is 0 Å². The molecule has 0 heterocycles. The van der Waals surface area contributed by atoms with Crippen LogP contribution < -0.4 is 5.32 Å². The minimum absolute atomic E-state index is 0.0526. The van der Waals surface area contributed by atoms with Crippen molar-refractivity contribution in [1.82, 2.24) is 5.32 Å². The van der Waals surface area contributed by atoms with Crippen LogP contribution in [0.3, 0.4) is 0 Å². The second-order valence-electron chi connectivity index (χ2n) is 3.00. The van der Waals surface area contributed by atoms with E-state index in [9.17, 15) is 9.59 Å². The standard InChI is InChI=1S/C10H9Cl2NO3/c11-7-3-1-2-6(9(7)12)10(16)13-5-4-8(14)15/h1-3H,4-5H2,(H,13,16)(H,14,15). The maximum Gasteiger partial charge on any atom is 0.305 e. The SMILES string of the molecule is O=C(O)CCNC(=O)c1cccc(Cl)c1Cl. The van der Waals surface area contributed by atoms with Crippen molar-refractivity contribution in [3.05, 3.63) is 33.8 Å². The van der Waals surface area contributed by atoms with Crippen LogP contribution in [-0.2, 0) is 4.79 Å². The van der Waals surface area contributed by atoms with Gasteiger partial charge < -0.3 is 10.4 Å². The zero-order chi connectivity index (χ0) is 12.1. The fourth-order valence-electron chi connectivity index (χ4n) is 1.06. The number of carbonyl (C=O) groups is 2. The summed E-state index contributed by atoms with van der Waals surface area (Å²) in [5, 5.41) is 11.3. The number of nitrogens with one attached hydrogen (secondary N) is 1. The Labute approximate surface area is 102 Å². The summed E-state index contributed by atoms with van der Waals surface area (Å²) in [5.41, 5.74) is 0.236. The van der Waals surface area contributed by atoms with Crippen molar-refractivity contribution in [3.63, 3.8) is 0 Å². The molecule has 0 aliphatic rings. The van der Waals surface area contributed by atoms with Crippen molar-refractivity contribution >= 4 is 35.1 Å². The van der Waals surface area contributed by atoms with Crippen molar-refractivity contribution in [2.24, 2.45) is 0 Å². The first-order valence-corrected chi connectivity index (χ1v) is 5.22. The summed E-state index contributed by atoms with van der Waals surface area (Å²) in [6, 6.07) is 4.68. The molecule has 0 saturated carbocycles. The van der Waals surface area contributed by atoms with Crippen molar-refractivity contribution in [1.29, 1.82) is 0 Å². The van der Waals surface area contributed by atoms with Gasteiger partial charge in [0.1, 0.15) is 0 Å². The van der Waals surface area contributed by atoms with Gasteiger partial charge in [-0.05, 0) is 12.1 Å². The summed E-state index contributed by atoms with van der Waals surface area (Å²) in [6.45, 7) is 0.0526. The smallest absolute Gasteiger partial charge is 0.305 e. The highest BCUT2D eigenvalue weighted by atomic mass is 35.5. The van der Waals surface area contributed by atoms with Gasteiger partial charge in [-0.2, -0.15) is 0 Å². The summed E-state index contributed by atoms with van der Waals surface area (Å²) < 4.78 is 0. The molecule has 1 aromatic rings. The molecule has 86 valence electrons. The van der Waals surface area contributed by atoms with Gasteiger partial charge in [0.25, 0.3) is 5.91 Å². The van der Waals surface area contributed by atoms with Gasteiger partial charge in [-0.25, -0.2) is 0 Å². The van der Waals surface area contributed by atoms with Crippen LogP contribution in [0.1, 0.15) is 16.8 Å². The second kappa shape index (κ2) is 5.72. The van der Waals surface area contributed by atoms with E-state index in [4.69, 9.17) is 28.3 Å². The average molecular weight is 262 g/mol. The van der Waals surface area contributed by atoms with E-state index < -0.39 is 11.9 Å². The summed E-state index contributed by atoms with van der Waals surface area (Å²) in [4.78, 5) is 21.8. The summed E-state index contributed by atoms with van der Waals surface area (Å²) in [7, 11) is 0. The monoisotopic (exact) mass is 261 g/mol. The lowest BCUT2D eigenvalue weighted by molar-refractivity contribution is -0.136. The first kappa shape index (κ1) is 12.8. The van der Waals surface area contributed by atoms with Crippen LogP contribution in [0.15, 0.2) is 18.2 Å². The van der Waals surface area contributed by atoms with Gasteiger partial charge in [-0.3, -0.25) is 9.59 Å². The highest BCUT2D eigenvalue weighted by Gasteiger charge is 2.12. The predicted molar refractivity (Wildman–Crippen MR) is 61.0 cm³/mol. The lowest BCUT2D eigenvalue weighted by atomic mass is 10.2. The number of halogens is 2. The second-order valence-corrected chi connectivity index (χ2v) is 3.79. The number of aliphatic carboxylic acids is 1. The van der Waals surface area contributed by atoms with Crippen LogP contribution in [-0.4, -0.2) is 23.5 Å². The van der Waals surface area contributed by atoms with Crippen LogP contribution in [0.4, 0.5) is 0 Å². The van der Waals surface area contributed by atoms with E-state index in [1.165, 1.54) is 6.07 Å². The summed E-state index contributed by atoms with van der Waals surface area (Å²) in [5.74, 6) is -1.41. The number of amides is 1. The molecule has 0 radical (unpaired) electrons. The molecule has 6 heteroatoms. The average Bonchev–Trinajstić information content (AvgIpc) is 2.21. The summed E-state index contributed by atoms with van der Waals surface area (Å²) in [6.07, 6.45) is -0.135. The number of benzene rings is 1. The Morgan fingerprint density at radius 1 is 1.31 bits per heavy atom. The van der Waals surface area contributed by atoms with Crippen molar-refractivity contribution in [3.8, 4) is 0 Å². The third-order valence-electron chi connectivity index (χ3n) is 1.82.